The highest BCUT2D eigenvalue weighted by molar-refractivity contribution is 8.00. The Morgan fingerprint density at radius 2 is 2.15 bits per heavy atom. The number of thioether (sulfide) groups is 2. The number of benzene rings is 1. The normalized spacial score (nSPS) is 12.4. The number of para-hydroxylation sites is 1. The van der Waals surface area contributed by atoms with E-state index in [2.05, 4.69) is 4.98 Å². The van der Waals surface area contributed by atoms with Crippen LogP contribution in [-0.2, 0) is 9.59 Å². The standard InChI is InChI=1S/C12H11NO5S2/c1-19-7-4-2-3-6-10(7)13-12(18-6)20-8(11(16)17)5-9(14)15/h2-4,8H,5H2,1H3,(H,14,15)(H,16,17). The highest BCUT2D eigenvalue weighted by atomic mass is 32.2. The highest BCUT2D eigenvalue weighted by Gasteiger charge is 2.25. The molecule has 0 bridgehead atoms. The molecule has 0 saturated carbocycles. The van der Waals surface area contributed by atoms with Gasteiger partial charge in [0.1, 0.15) is 10.8 Å². The van der Waals surface area contributed by atoms with Crippen LogP contribution in [0.5, 0.6) is 0 Å². The number of carboxylic acids is 2. The van der Waals surface area contributed by atoms with E-state index in [1.807, 2.05) is 18.4 Å². The van der Waals surface area contributed by atoms with Gasteiger partial charge in [-0.15, -0.1) is 11.8 Å². The van der Waals surface area contributed by atoms with Crippen molar-refractivity contribution in [2.24, 2.45) is 0 Å². The van der Waals surface area contributed by atoms with Crippen LogP contribution < -0.4 is 0 Å². The number of rotatable bonds is 6. The van der Waals surface area contributed by atoms with Crippen molar-refractivity contribution in [1.29, 1.82) is 0 Å². The molecule has 0 saturated heterocycles. The van der Waals surface area contributed by atoms with Gasteiger partial charge < -0.3 is 14.6 Å². The van der Waals surface area contributed by atoms with Gasteiger partial charge in [0.05, 0.1) is 6.42 Å². The second kappa shape index (κ2) is 6.19. The van der Waals surface area contributed by atoms with E-state index in [0.717, 1.165) is 16.7 Å². The van der Waals surface area contributed by atoms with Crippen molar-refractivity contribution < 1.29 is 24.2 Å². The molecule has 1 aromatic carbocycles. The van der Waals surface area contributed by atoms with Crippen molar-refractivity contribution >= 4 is 46.6 Å². The molecule has 2 aromatic rings. The second-order valence-corrected chi connectivity index (χ2v) is 5.83. The van der Waals surface area contributed by atoms with E-state index in [4.69, 9.17) is 14.6 Å². The van der Waals surface area contributed by atoms with Crippen LogP contribution >= 0.6 is 23.5 Å². The molecule has 20 heavy (non-hydrogen) atoms. The molecule has 1 unspecified atom stereocenters. The van der Waals surface area contributed by atoms with E-state index in [1.54, 1.807) is 6.07 Å². The third-order valence-electron chi connectivity index (χ3n) is 2.46. The molecule has 1 atom stereocenters. The quantitative estimate of drug-likeness (QED) is 0.785. The van der Waals surface area contributed by atoms with Gasteiger partial charge in [-0.1, -0.05) is 17.8 Å². The molecule has 1 aromatic heterocycles. The van der Waals surface area contributed by atoms with Crippen LogP contribution in [0.25, 0.3) is 11.1 Å². The summed E-state index contributed by atoms with van der Waals surface area (Å²) >= 11 is 2.31. The third-order valence-corrected chi connectivity index (χ3v) is 4.26. The first-order valence-corrected chi connectivity index (χ1v) is 7.66. The maximum absolute atomic E-state index is 11.0. The number of fused-ring (bicyclic) bond motifs is 1. The fourth-order valence-electron chi connectivity index (χ4n) is 1.58. The van der Waals surface area contributed by atoms with E-state index in [-0.39, 0.29) is 5.22 Å². The lowest BCUT2D eigenvalue weighted by Gasteiger charge is -2.05. The molecule has 0 radical (unpaired) electrons. The third kappa shape index (κ3) is 3.26. The molecule has 106 valence electrons. The minimum Gasteiger partial charge on any atom is -0.481 e. The summed E-state index contributed by atoms with van der Waals surface area (Å²) in [6, 6.07) is 5.44. The molecule has 0 aliphatic rings. The van der Waals surface area contributed by atoms with Crippen molar-refractivity contribution in [2.75, 3.05) is 6.26 Å². The topological polar surface area (TPSA) is 101 Å². The Hall–Kier alpha value is -1.67. The van der Waals surface area contributed by atoms with E-state index >= 15 is 0 Å². The Bertz CT molecular complexity index is 654. The number of aromatic nitrogens is 1. The molecule has 0 aliphatic heterocycles. The monoisotopic (exact) mass is 313 g/mol. The molecule has 0 spiro atoms. The lowest BCUT2D eigenvalue weighted by Crippen LogP contribution is -2.20. The minimum absolute atomic E-state index is 0.162. The number of aliphatic carboxylic acids is 2. The van der Waals surface area contributed by atoms with Crippen molar-refractivity contribution in [3.05, 3.63) is 18.2 Å². The molecular weight excluding hydrogens is 302 g/mol. The zero-order valence-corrected chi connectivity index (χ0v) is 12.0. The number of carbonyl (C=O) groups is 2. The Labute approximate surface area is 122 Å². The summed E-state index contributed by atoms with van der Waals surface area (Å²) in [5, 5.41) is 16.7. The minimum atomic E-state index is -1.20. The van der Waals surface area contributed by atoms with Crippen molar-refractivity contribution in [2.45, 2.75) is 21.8 Å². The SMILES string of the molecule is CSc1cccc2oc(SC(CC(=O)O)C(=O)O)nc12. The number of hydrogen-bond donors (Lipinski definition) is 2. The van der Waals surface area contributed by atoms with Crippen LogP contribution in [0, 0.1) is 0 Å². The van der Waals surface area contributed by atoms with E-state index in [0.29, 0.717) is 11.1 Å². The van der Waals surface area contributed by atoms with Gasteiger partial charge in [0.15, 0.2) is 5.58 Å². The predicted octanol–water partition coefficient (Wildman–Crippen LogP) is 2.57. The zero-order chi connectivity index (χ0) is 14.7. The van der Waals surface area contributed by atoms with Gasteiger partial charge in [-0.2, -0.15) is 0 Å². The summed E-state index contributed by atoms with van der Waals surface area (Å²) in [6.07, 6.45) is 1.41. The molecule has 8 heteroatoms. The Morgan fingerprint density at radius 3 is 2.75 bits per heavy atom. The summed E-state index contributed by atoms with van der Waals surface area (Å²) in [4.78, 5) is 26.8. The summed E-state index contributed by atoms with van der Waals surface area (Å²) in [7, 11) is 0. The maximum atomic E-state index is 11.0. The van der Waals surface area contributed by atoms with Crippen molar-refractivity contribution in [3.63, 3.8) is 0 Å². The van der Waals surface area contributed by atoms with Gasteiger partial charge in [0.25, 0.3) is 5.22 Å². The van der Waals surface area contributed by atoms with Gasteiger partial charge in [-0.25, -0.2) is 4.98 Å². The second-order valence-electron chi connectivity index (χ2n) is 3.83. The van der Waals surface area contributed by atoms with Gasteiger partial charge in [0.2, 0.25) is 0 Å². The van der Waals surface area contributed by atoms with Crippen LogP contribution in [0.4, 0.5) is 0 Å². The molecule has 6 nitrogen and oxygen atoms in total. The van der Waals surface area contributed by atoms with Crippen LogP contribution in [0.1, 0.15) is 6.42 Å². The lowest BCUT2D eigenvalue weighted by molar-refractivity contribution is -0.142. The first-order chi connectivity index (χ1) is 9.51. The summed E-state index contributed by atoms with van der Waals surface area (Å²) in [6.45, 7) is 0. The summed E-state index contributed by atoms with van der Waals surface area (Å²) < 4.78 is 5.46. The number of hydrogen-bond acceptors (Lipinski definition) is 6. The van der Waals surface area contributed by atoms with Gasteiger partial charge in [0, 0.05) is 4.90 Å². The first kappa shape index (κ1) is 14.7. The van der Waals surface area contributed by atoms with Crippen molar-refractivity contribution in [1.82, 2.24) is 4.98 Å². The van der Waals surface area contributed by atoms with Gasteiger partial charge >= 0.3 is 11.9 Å². The Balaban J connectivity index is 2.28. The van der Waals surface area contributed by atoms with Crippen molar-refractivity contribution in [3.8, 4) is 0 Å². The lowest BCUT2D eigenvalue weighted by atomic mass is 10.3. The van der Waals surface area contributed by atoms with Gasteiger partial charge in [-0.05, 0) is 18.4 Å². The average molecular weight is 313 g/mol. The summed E-state index contributed by atoms with van der Waals surface area (Å²) in [5.41, 5.74) is 1.21. The molecule has 1 heterocycles. The Kier molecular flexibility index (Phi) is 4.56. The van der Waals surface area contributed by atoms with Crippen LogP contribution in [0.3, 0.4) is 0 Å². The number of carboxylic acid groups (broad SMARTS) is 2. The largest absolute Gasteiger partial charge is 0.481 e. The highest BCUT2D eigenvalue weighted by Crippen LogP contribution is 2.32. The molecule has 2 rings (SSSR count). The van der Waals surface area contributed by atoms with E-state index in [1.165, 1.54) is 11.8 Å². The average Bonchev–Trinajstić information content (AvgIpc) is 2.79. The fraction of sp³-hybridized carbons (Fsp3) is 0.250. The zero-order valence-electron chi connectivity index (χ0n) is 10.4. The van der Waals surface area contributed by atoms with Crippen LogP contribution in [0.15, 0.2) is 32.7 Å². The number of oxazole rings is 1. The van der Waals surface area contributed by atoms with Crippen LogP contribution in [-0.4, -0.2) is 38.6 Å². The molecular formula is C12H11NO5S2. The molecule has 2 N–H and O–H groups in total. The molecule has 0 amide bonds. The fourth-order valence-corrected chi connectivity index (χ4v) is 2.98. The predicted molar refractivity (Wildman–Crippen MR) is 75.3 cm³/mol. The maximum Gasteiger partial charge on any atom is 0.317 e. The van der Waals surface area contributed by atoms with Crippen LogP contribution in [0.2, 0.25) is 0 Å². The van der Waals surface area contributed by atoms with E-state index in [9.17, 15) is 9.59 Å². The van der Waals surface area contributed by atoms with Gasteiger partial charge in [-0.3, -0.25) is 9.59 Å². The molecule has 0 fully saturated rings. The smallest absolute Gasteiger partial charge is 0.317 e. The number of nitrogens with zero attached hydrogens (tertiary/aromatic N) is 1. The Morgan fingerprint density at radius 1 is 1.40 bits per heavy atom. The van der Waals surface area contributed by atoms with E-state index < -0.39 is 23.6 Å². The summed E-state index contributed by atoms with van der Waals surface area (Å²) in [5.74, 6) is -2.38. The molecule has 0 aliphatic carbocycles. The first-order valence-electron chi connectivity index (χ1n) is 5.56.